The third-order valence-electron chi connectivity index (χ3n) is 6.17. The number of piperidine rings is 1. The Morgan fingerprint density at radius 2 is 1.88 bits per heavy atom. The molecule has 3 aromatic heterocycles. The molecule has 6 heteroatoms. The standard InChI is InChI=1S/C26H25FN4O/c1-17-5-3-11-30-16-24(29-25(17)30)26(32)31-12-4-6-20(15-31)23-14-21(13-18(2)28-23)19-7-9-22(27)10-8-19/h3,5,7-11,13-14,16,20H,4,6,12,15H2,1-2H3/t20-/m0/s1. The molecule has 0 unspecified atom stereocenters. The van der Waals surface area contributed by atoms with E-state index in [2.05, 4.69) is 11.1 Å². The Bertz CT molecular complexity index is 1300. The van der Waals surface area contributed by atoms with E-state index in [0.717, 1.165) is 53.1 Å². The summed E-state index contributed by atoms with van der Waals surface area (Å²) in [6, 6.07) is 14.6. The third kappa shape index (κ3) is 3.88. The van der Waals surface area contributed by atoms with Gasteiger partial charge in [-0.3, -0.25) is 9.78 Å². The van der Waals surface area contributed by atoms with Crippen molar-refractivity contribution in [2.75, 3.05) is 13.1 Å². The van der Waals surface area contributed by atoms with Gasteiger partial charge in [-0.2, -0.15) is 0 Å². The minimum absolute atomic E-state index is 0.0378. The largest absolute Gasteiger partial charge is 0.337 e. The SMILES string of the molecule is Cc1cc(-c2ccc(F)cc2)cc([C@H]2CCCN(C(=O)c3cn4cccc(C)c4n3)C2)n1. The first-order chi connectivity index (χ1) is 15.5. The van der Waals surface area contributed by atoms with E-state index in [1.54, 1.807) is 12.1 Å². The topological polar surface area (TPSA) is 50.5 Å². The number of pyridine rings is 2. The van der Waals surface area contributed by atoms with Crippen LogP contribution in [0.1, 0.15) is 46.2 Å². The summed E-state index contributed by atoms with van der Waals surface area (Å²) in [5.74, 6) is -0.127. The zero-order chi connectivity index (χ0) is 22.2. The van der Waals surface area contributed by atoms with Gasteiger partial charge in [0.15, 0.2) is 0 Å². The number of fused-ring (bicyclic) bond motifs is 1. The van der Waals surface area contributed by atoms with Crippen molar-refractivity contribution in [1.82, 2.24) is 19.3 Å². The molecule has 1 aliphatic heterocycles. The van der Waals surface area contributed by atoms with Gasteiger partial charge in [0.25, 0.3) is 5.91 Å². The first-order valence-corrected chi connectivity index (χ1v) is 11.0. The minimum atomic E-state index is -0.247. The lowest BCUT2D eigenvalue weighted by atomic mass is 9.92. The van der Waals surface area contributed by atoms with E-state index >= 15 is 0 Å². The molecule has 5 rings (SSSR count). The van der Waals surface area contributed by atoms with Gasteiger partial charge in [-0.1, -0.05) is 18.2 Å². The molecule has 0 aliphatic carbocycles. The molecule has 1 atom stereocenters. The van der Waals surface area contributed by atoms with Gasteiger partial charge in [-0.15, -0.1) is 0 Å². The molecule has 1 aliphatic rings. The number of carbonyl (C=O) groups is 1. The van der Waals surface area contributed by atoms with Crippen LogP contribution >= 0.6 is 0 Å². The molecule has 4 heterocycles. The molecular formula is C26H25FN4O. The third-order valence-corrected chi connectivity index (χ3v) is 6.17. The van der Waals surface area contributed by atoms with Crippen molar-refractivity contribution in [2.45, 2.75) is 32.6 Å². The number of imidazole rings is 1. The molecule has 32 heavy (non-hydrogen) atoms. The van der Waals surface area contributed by atoms with E-state index in [4.69, 9.17) is 4.98 Å². The molecule has 0 saturated carbocycles. The van der Waals surface area contributed by atoms with Gasteiger partial charge in [-0.25, -0.2) is 9.37 Å². The summed E-state index contributed by atoms with van der Waals surface area (Å²) >= 11 is 0. The van der Waals surface area contributed by atoms with Crippen molar-refractivity contribution >= 4 is 11.6 Å². The van der Waals surface area contributed by atoms with E-state index in [1.807, 2.05) is 53.7 Å². The number of aryl methyl sites for hydroxylation is 2. The van der Waals surface area contributed by atoms with E-state index < -0.39 is 0 Å². The maximum Gasteiger partial charge on any atom is 0.274 e. The highest BCUT2D eigenvalue weighted by molar-refractivity contribution is 5.93. The predicted molar refractivity (Wildman–Crippen MR) is 122 cm³/mol. The van der Waals surface area contributed by atoms with Gasteiger partial charge >= 0.3 is 0 Å². The van der Waals surface area contributed by atoms with E-state index in [1.165, 1.54) is 12.1 Å². The fourth-order valence-electron chi connectivity index (χ4n) is 4.53. The number of rotatable bonds is 3. The fraction of sp³-hybridized carbons (Fsp3) is 0.269. The second-order valence-corrected chi connectivity index (χ2v) is 8.57. The molecule has 162 valence electrons. The molecule has 0 bridgehead atoms. The molecular weight excluding hydrogens is 403 g/mol. The number of benzene rings is 1. The van der Waals surface area contributed by atoms with Crippen LogP contribution in [-0.4, -0.2) is 38.3 Å². The van der Waals surface area contributed by atoms with Gasteiger partial charge in [0.05, 0.1) is 0 Å². The van der Waals surface area contributed by atoms with Crippen molar-refractivity contribution in [3.63, 3.8) is 0 Å². The Morgan fingerprint density at radius 3 is 2.66 bits per heavy atom. The van der Waals surface area contributed by atoms with Crippen LogP contribution in [-0.2, 0) is 0 Å². The smallest absolute Gasteiger partial charge is 0.274 e. The molecule has 0 N–H and O–H groups in total. The van der Waals surface area contributed by atoms with Crippen LogP contribution < -0.4 is 0 Å². The number of amides is 1. The summed E-state index contributed by atoms with van der Waals surface area (Å²) in [5.41, 5.74) is 6.21. The number of nitrogens with zero attached hydrogens (tertiary/aromatic N) is 4. The van der Waals surface area contributed by atoms with Crippen molar-refractivity contribution in [2.24, 2.45) is 0 Å². The molecule has 1 saturated heterocycles. The number of carbonyl (C=O) groups excluding carboxylic acids is 1. The number of likely N-dealkylation sites (tertiary alicyclic amines) is 1. The van der Waals surface area contributed by atoms with Crippen molar-refractivity contribution in [1.29, 1.82) is 0 Å². The zero-order valence-corrected chi connectivity index (χ0v) is 18.3. The first kappa shape index (κ1) is 20.4. The fourth-order valence-corrected chi connectivity index (χ4v) is 4.53. The molecule has 4 aromatic rings. The number of aromatic nitrogens is 3. The number of halogens is 1. The predicted octanol–water partition coefficient (Wildman–Crippen LogP) is 5.17. The Kier molecular flexibility index (Phi) is 5.21. The lowest BCUT2D eigenvalue weighted by Gasteiger charge is -2.32. The summed E-state index contributed by atoms with van der Waals surface area (Å²) in [6.07, 6.45) is 5.63. The maximum absolute atomic E-state index is 13.3. The highest BCUT2D eigenvalue weighted by Crippen LogP contribution is 2.30. The van der Waals surface area contributed by atoms with E-state index in [0.29, 0.717) is 12.2 Å². The average Bonchev–Trinajstić information content (AvgIpc) is 3.24. The van der Waals surface area contributed by atoms with Crippen molar-refractivity contribution in [3.8, 4) is 11.1 Å². The Hall–Kier alpha value is -3.54. The van der Waals surface area contributed by atoms with Gasteiger partial charge in [0, 0.05) is 42.8 Å². The van der Waals surface area contributed by atoms with Gasteiger partial charge in [0.1, 0.15) is 17.2 Å². The molecule has 1 amide bonds. The van der Waals surface area contributed by atoms with Gasteiger partial charge < -0.3 is 9.30 Å². The van der Waals surface area contributed by atoms with E-state index in [-0.39, 0.29) is 17.6 Å². The zero-order valence-electron chi connectivity index (χ0n) is 18.3. The first-order valence-electron chi connectivity index (χ1n) is 11.0. The highest BCUT2D eigenvalue weighted by Gasteiger charge is 2.28. The van der Waals surface area contributed by atoms with Crippen LogP contribution in [0.2, 0.25) is 0 Å². The van der Waals surface area contributed by atoms with Crippen molar-refractivity contribution < 1.29 is 9.18 Å². The Labute approximate surface area is 186 Å². The second kappa shape index (κ2) is 8.19. The molecule has 5 nitrogen and oxygen atoms in total. The van der Waals surface area contributed by atoms with Crippen molar-refractivity contribution in [3.05, 3.63) is 89.4 Å². The summed E-state index contributed by atoms with van der Waals surface area (Å²) in [6.45, 7) is 5.31. The number of hydrogen-bond donors (Lipinski definition) is 0. The van der Waals surface area contributed by atoms with Crippen LogP contribution in [0.25, 0.3) is 16.8 Å². The van der Waals surface area contributed by atoms with Crippen LogP contribution in [0.15, 0.2) is 60.9 Å². The van der Waals surface area contributed by atoms with E-state index in [9.17, 15) is 9.18 Å². The second-order valence-electron chi connectivity index (χ2n) is 8.57. The summed E-state index contributed by atoms with van der Waals surface area (Å²) in [5, 5.41) is 0. The van der Waals surface area contributed by atoms with Crippen LogP contribution in [0.3, 0.4) is 0 Å². The normalized spacial score (nSPS) is 16.5. The van der Waals surface area contributed by atoms with Gasteiger partial charge in [0.2, 0.25) is 0 Å². The van der Waals surface area contributed by atoms with Crippen LogP contribution in [0, 0.1) is 19.7 Å². The molecule has 1 aromatic carbocycles. The minimum Gasteiger partial charge on any atom is -0.337 e. The lowest BCUT2D eigenvalue weighted by Crippen LogP contribution is -2.39. The summed E-state index contributed by atoms with van der Waals surface area (Å²) < 4.78 is 15.2. The van der Waals surface area contributed by atoms with Gasteiger partial charge in [-0.05, 0) is 73.7 Å². The average molecular weight is 429 g/mol. The lowest BCUT2D eigenvalue weighted by molar-refractivity contribution is 0.0700. The molecule has 0 spiro atoms. The molecule has 1 fully saturated rings. The van der Waals surface area contributed by atoms with Crippen LogP contribution in [0.5, 0.6) is 0 Å². The van der Waals surface area contributed by atoms with Crippen LogP contribution in [0.4, 0.5) is 4.39 Å². The monoisotopic (exact) mass is 428 g/mol. The quantitative estimate of drug-likeness (QED) is 0.452. The molecule has 0 radical (unpaired) electrons. The Balaban J connectivity index is 1.40. The number of hydrogen-bond acceptors (Lipinski definition) is 3. The highest BCUT2D eigenvalue weighted by atomic mass is 19.1. The summed E-state index contributed by atoms with van der Waals surface area (Å²) in [7, 11) is 0. The Morgan fingerprint density at radius 1 is 1.06 bits per heavy atom. The summed E-state index contributed by atoms with van der Waals surface area (Å²) in [4.78, 5) is 24.5. The maximum atomic E-state index is 13.3.